The Morgan fingerprint density at radius 2 is 2.23 bits per heavy atom. The summed E-state index contributed by atoms with van der Waals surface area (Å²) in [7, 11) is 0. The molecule has 0 radical (unpaired) electrons. The van der Waals surface area contributed by atoms with Gasteiger partial charge in [-0.25, -0.2) is 0 Å². The summed E-state index contributed by atoms with van der Waals surface area (Å²) in [6.07, 6.45) is 0.180. The van der Waals surface area contributed by atoms with Gasteiger partial charge in [0.25, 0.3) is 0 Å². The van der Waals surface area contributed by atoms with E-state index in [1.54, 1.807) is 0 Å². The van der Waals surface area contributed by atoms with Crippen molar-refractivity contribution in [3.8, 4) is 5.75 Å². The van der Waals surface area contributed by atoms with Crippen LogP contribution in [0.2, 0.25) is 0 Å². The number of nitrogens with two attached hydrogens (primary N) is 1. The van der Waals surface area contributed by atoms with Gasteiger partial charge in [0.1, 0.15) is 12.4 Å². The Kier molecular flexibility index (Phi) is 9.27. The summed E-state index contributed by atoms with van der Waals surface area (Å²) < 4.78 is 11.1. The number of nitrogens with zero attached hydrogens (tertiary/aromatic N) is 1. The molecule has 0 aromatic heterocycles. The van der Waals surface area contributed by atoms with Crippen LogP contribution in [0, 0.1) is 5.41 Å². The largest absolute Gasteiger partial charge is 0.492 e. The van der Waals surface area contributed by atoms with E-state index in [4.69, 9.17) is 20.6 Å². The van der Waals surface area contributed by atoms with Crippen LogP contribution >= 0.6 is 24.4 Å². The molecule has 0 saturated carbocycles. The van der Waals surface area contributed by atoms with Gasteiger partial charge in [0, 0.05) is 25.4 Å². The molecule has 1 saturated heterocycles. The summed E-state index contributed by atoms with van der Waals surface area (Å²) in [5, 5.41) is 9.99. The van der Waals surface area contributed by atoms with Crippen molar-refractivity contribution in [2.24, 2.45) is 5.73 Å². The normalized spacial score (nSPS) is 16.1. The zero-order valence-corrected chi connectivity index (χ0v) is 16.4. The second-order valence-electron chi connectivity index (χ2n) is 5.84. The summed E-state index contributed by atoms with van der Waals surface area (Å²) in [5.74, 6) is 0.927. The molecular formula is C17H26N4O3S2. The van der Waals surface area contributed by atoms with Crippen molar-refractivity contribution in [1.29, 1.82) is 5.41 Å². The first-order valence-electron chi connectivity index (χ1n) is 8.50. The topological polar surface area (TPSA) is 101 Å². The first-order valence-corrected chi connectivity index (χ1v) is 10.0. The van der Waals surface area contributed by atoms with Crippen molar-refractivity contribution < 1.29 is 14.3 Å². The van der Waals surface area contributed by atoms with E-state index in [2.05, 4.69) is 22.8 Å². The summed E-state index contributed by atoms with van der Waals surface area (Å²) in [6.45, 7) is 4.87. The number of benzene rings is 1. The number of morpholine rings is 1. The molecule has 0 aliphatic carbocycles. The second-order valence-corrected chi connectivity index (χ2v) is 7.46. The summed E-state index contributed by atoms with van der Waals surface area (Å²) in [5.41, 5.74) is 6.53. The number of amidine groups is 1. The fourth-order valence-electron chi connectivity index (χ4n) is 2.44. The predicted molar refractivity (Wildman–Crippen MR) is 108 cm³/mol. The van der Waals surface area contributed by atoms with Crippen LogP contribution in [0.5, 0.6) is 5.75 Å². The first kappa shape index (κ1) is 21.0. The van der Waals surface area contributed by atoms with Crippen LogP contribution in [0.1, 0.15) is 5.56 Å². The van der Waals surface area contributed by atoms with Gasteiger partial charge in [-0.15, -0.1) is 0 Å². The molecule has 0 bridgehead atoms. The highest BCUT2D eigenvalue weighted by atomic mass is 32.2. The molecule has 0 spiro atoms. The van der Waals surface area contributed by atoms with E-state index in [0.717, 1.165) is 55.9 Å². The maximum Gasteiger partial charge on any atom is 0.230 e. The monoisotopic (exact) mass is 398 g/mol. The van der Waals surface area contributed by atoms with E-state index in [0.29, 0.717) is 12.4 Å². The van der Waals surface area contributed by atoms with E-state index in [9.17, 15) is 4.79 Å². The molecule has 1 unspecified atom stereocenters. The molecule has 7 nitrogen and oxygen atoms in total. The average molecular weight is 399 g/mol. The molecule has 1 heterocycles. The second kappa shape index (κ2) is 11.5. The Balaban J connectivity index is 1.75. The van der Waals surface area contributed by atoms with Crippen LogP contribution in [0.4, 0.5) is 0 Å². The minimum Gasteiger partial charge on any atom is -0.492 e. The van der Waals surface area contributed by atoms with Gasteiger partial charge in [-0.2, -0.15) is 12.6 Å². The van der Waals surface area contributed by atoms with Gasteiger partial charge in [0.05, 0.1) is 25.0 Å². The van der Waals surface area contributed by atoms with Crippen molar-refractivity contribution in [3.05, 3.63) is 29.8 Å². The number of thioether (sulfide) groups is 1. The summed E-state index contributed by atoms with van der Waals surface area (Å²) in [4.78, 5) is 14.3. The molecule has 144 valence electrons. The highest BCUT2D eigenvalue weighted by molar-refractivity contribution is 8.14. The Morgan fingerprint density at radius 1 is 1.46 bits per heavy atom. The maximum absolute atomic E-state index is 12.0. The zero-order chi connectivity index (χ0) is 18.8. The van der Waals surface area contributed by atoms with Crippen LogP contribution in [0.25, 0.3) is 0 Å². The number of carbonyl (C=O) groups excluding carboxylic acids is 1. The molecule has 1 aromatic carbocycles. The third-order valence-electron chi connectivity index (χ3n) is 3.75. The SMILES string of the molecule is N=C(NC(=O)Cc1cccc(OCCN2CCOCC2)c1)SC(N)CS. The number of rotatable bonds is 8. The Bertz CT molecular complexity index is 597. The van der Waals surface area contributed by atoms with Gasteiger partial charge in [-0.05, 0) is 17.7 Å². The Morgan fingerprint density at radius 3 is 2.96 bits per heavy atom. The van der Waals surface area contributed by atoms with Gasteiger partial charge in [0.2, 0.25) is 5.91 Å². The standard InChI is InChI=1S/C17H26N4O3S2/c18-15(12-25)26-17(19)20-16(22)11-13-2-1-3-14(10-13)24-9-6-21-4-7-23-8-5-21/h1-3,10,15,25H,4-9,11-12,18H2,(H2,19,20,22). The third-order valence-corrected chi connectivity index (χ3v) is 5.19. The molecule has 26 heavy (non-hydrogen) atoms. The number of amides is 1. The molecule has 1 aliphatic rings. The Hall–Kier alpha value is -1.26. The van der Waals surface area contributed by atoms with E-state index in [-0.39, 0.29) is 22.9 Å². The van der Waals surface area contributed by atoms with Gasteiger partial charge >= 0.3 is 0 Å². The molecular weight excluding hydrogens is 372 g/mol. The molecule has 1 atom stereocenters. The highest BCUT2D eigenvalue weighted by Gasteiger charge is 2.11. The number of carbonyl (C=O) groups is 1. The number of nitrogens with one attached hydrogen (secondary N) is 2. The third kappa shape index (κ3) is 7.96. The highest BCUT2D eigenvalue weighted by Crippen LogP contribution is 2.14. The van der Waals surface area contributed by atoms with Gasteiger partial charge in [0.15, 0.2) is 5.17 Å². The van der Waals surface area contributed by atoms with Crippen LogP contribution in [-0.2, 0) is 16.0 Å². The van der Waals surface area contributed by atoms with Crippen LogP contribution in [-0.4, -0.2) is 66.6 Å². The van der Waals surface area contributed by atoms with Crippen molar-refractivity contribution in [2.75, 3.05) is 45.2 Å². The van der Waals surface area contributed by atoms with Gasteiger partial charge in [-0.3, -0.25) is 15.1 Å². The predicted octanol–water partition coefficient (Wildman–Crippen LogP) is 0.939. The lowest BCUT2D eigenvalue weighted by Crippen LogP contribution is -2.38. The van der Waals surface area contributed by atoms with Crippen LogP contribution < -0.4 is 15.8 Å². The lowest BCUT2D eigenvalue weighted by molar-refractivity contribution is -0.119. The smallest absolute Gasteiger partial charge is 0.230 e. The summed E-state index contributed by atoms with van der Waals surface area (Å²) >= 11 is 5.14. The number of hydrogen-bond donors (Lipinski definition) is 4. The van der Waals surface area contributed by atoms with E-state index < -0.39 is 0 Å². The first-order chi connectivity index (χ1) is 12.6. The van der Waals surface area contributed by atoms with Crippen LogP contribution in [0.15, 0.2) is 24.3 Å². The van der Waals surface area contributed by atoms with Gasteiger partial charge in [-0.1, -0.05) is 23.9 Å². The lowest BCUT2D eigenvalue weighted by atomic mass is 10.1. The lowest BCUT2D eigenvalue weighted by Gasteiger charge is -2.26. The Labute approximate surface area is 163 Å². The molecule has 1 fully saturated rings. The van der Waals surface area contributed by atoms with Crippen molar-refractivity contribution in [1.82, 2.24) is 10.2 Å². The number of hydrogen-bond acceptors (Lipinski definition) is 8. The molecule has 1 aliphatic heterocycles. The fraction of sp³-hybridized carbons (Fsp3) is 0.529. The molecule has 1 aromatic rings. The molecule has 1 amide bonds. The minimum absolute atomic E-state index is 0.0365. The van der Waals surface area contributed by atoms with Gasteiger partial charge < -0.3 is 20.5 Å². The van der Waals surface area contributed by atoms with Crippen LogP contribution in [0.3, 0.4) is 0 Å². The minimum atomic E-state index is -0.311. The number of ether oxygens (including phenoxy) is 2. The van der Waals surface area contributed by atoms with Crippen molar-refractivity contribution in [3.63, 3.8) is 0 Å². The maximum atomic E-state index is 12.0. The molecule has 9 heteroatoms. The molecule has 2 rings (SSSR count). The quantitative estimate of drug-likeness (QED) is 0.225. The average Bonchev–Trinajstić information content (AvgIpc) is 2.62. The summed E-state index contributed by atoms with van der Waals surface area (Å²) in [6, 6.07) is 7.47. The fourth-order valence-corrected chi connectivity index (χ4v) is 3.21. The van der Waals surface area contributed by atoms with E-state index in [1.807, 2.05) is 24.3 Å². The van der Waals surface area contributed by atoms with E-state index in [1.165, 1.54) is 0 Å². The van der Waals surface area contributed by atoms with E-state index >= 15 is 0 Å². The van der Waals surface area contributed by atoms with Crippen molar-refractivity contribution >= 4 is 35.5 Å². The van der Waals surface area contributed by atoms with Crippen molar-refractivity contribution in [2.45, 2.75) is 11.8 Å². The molecule has 4 N–H and O–H groups in total. The zero-order valence-electron chi connectivity index (χ0n) is 14.6. The number of thiol groups is 1.